The first kappa shape index (κ1) is 7.33. The van der Waals surface area contributed by atoms with E-state index in [4.69, 9.17) is 0 Å². The van der Waals surface area contributed by atoms with E-state index in [1.54, 1.807) is 0 Å². The van der Waals surface area contributed by atoms with Gasteiger partial charge in [-0.05, 0) is 24.2 Å². The fourth-order valence-electron chi connectivity index (χ4n) is 2.87. The largest absolute Gasteiger partial charge is 0.299 e. The molecule has 3 atom stereocenters. The number of carbonyl (C=O) groups is 1. The van der Waals surface area contributed by atoms with Gasteiger partial charge < -0.3 is 0 Å². The fraction of sp³-hybridized carbons (Fsp3) is 0.900. The van der Waals surface area contributed by atoms with Gasteiger partial charge in [0.1, 0.15) is 5.78 Å². The van der Waals surface area contributed by atoms with Gasteiger partial charge >= 0.3 is 0 Å². The summed E-state index contributed by atoms with van der Waals surface area (Å²) >= 11 is 0. The maximum Gasteiger partial charge on any atom is 0.139 e. The molecule has 2 aliphatic carbocycles. The number of fused-ring (bicyclic) bond motifs is 1. The smallest absolute Gasteiger partial charge is 0.139 e. The molecule has 0 saturated heterocycles. The molecule has 2 fully saturated rings. The summed E-state index contributed by atoms with van der Waals surface area (Å²) in [4.78, 5) is 11.6. The van der Waals surface area contributed by atoms with Crippen LogP contribution in [0.4, 0.5) is 0 Å². The zero-order valence-corrected chi connectivity index (χ0v) is 7.61. The average Bonchev–Trinajstić information content (AvgIpc) is 2.05. The Kier molecular flexibility index (Phi) is 1.13. The molecule has 1 heteroatoms. The van der Waals surface area contributed by atoms with Crippen molar-refractivity contribution in [2.45, 2.75) is 40.0 Å². The molecule has 3 unspecified atom stereocenters. The van der Waals surface area contributed by atoms with Crippen molar-refractivity contribution in [2.75, 3.05) is 0 Å². The topological polar surface area (TPSA) is 17.1 Å². The number of ketones is 1. The van der Waals surface area contributed by atoms with Gasteiger partial charge in [-0.15, -0.1) is 0 Å². The van der Waals surface area contributed by atoms with Crippen molar-refractivity contribution < 1.29 is 4.79 Å². The Morgan fingerprint density at radius 3 is 2.18 bits per heavy atom. The molecule has 0 bridgehead atoms. The van der Waals surface area contributed by atoms with Crippen molar-refractivity contribution in [1.29, 1.82) is 0 Å². The number of hydrogen-bond donors (Lipinski definition) is 0. The van der Waals surface area contributed by atoms with Crippen LogP contribution in [0.25, 0.3) is 0 Å². The van der Waals surface area contributed by atoms with Crippen LogP contribution in [0.3, 0.4) is 0 Å². The standard InChI is InChI=1S/C10H16O/c1-7-6-8(11)10(3)5-4-9(7,10)2/h7H,4-6H2,1-3H3. The zero-order chi connectivity index (χ0) is 8.28. The first-order valence-corrected chi connectivity index (χ1v) is 4.54. The SMILES string of the molecule is CC1CC(=O)C2(C)CCC12C. The third kappa shape index (κ3) is 0.567. The molecule has 0 radical (unpaired) electrons. The van der Waals surface area contributed by atoms with Gasteiger partial charge in [0, 0.05) is 11.8 Å². The summed E-state index contributed by atoms with van der Waals surface area (Å²) in [5, 5.41) is 0. The summed E-state index contributed by atoms with van der Waals surface area (Å²) in [6, 6.07) is 0. The lowest BCUT2D eigenvalue weighted by Crippen LogP contribution is -2.48. The Bertz CT molecular complexity index is 221. The molecule has 0 N–H and O–H groups in total. The fourth-order valence-corrected chi connectivity index (χ4v) is 2.87. The lowest BCUT2D eigenvalue weighted by atomic mass is 9.51. The van der Waals surface area contributed by atoms with E-state index < -0.39 is 0 Å². The molecule has 11 heavy (non-hydrogen) atoms. The summed E-state index contributed by atoms with van der Waals surface area (Å²) in [6.45, 7) is 6.66. The quantitative estimate of drug-likeness (QED) is 0.521. The molecule has 0 aromatic heterocycles. The van der Waals surface area contributed by atoms with Crippen molar-refractivity contribution in [1.82, 2.24) is 0 Å². The second-order valence-electron chi connectivity index (χ2n) is 4.78. The number of hydrogen-bond acceptors (Lipinski definition) is 1. The molecule has 2 saturated carbocycles. The Hall–Kier alpha value is -0.330. The van der Waals surface area contributed by atoms with Crippen molar-refractivity contribution in [3.05, 3.63) is 0 Å². The van der Waals surface area contributed by atoms with Crippen LogP contribution in [0.1, 0.15) is 40.0 Å². The van der Waals surface area contributed by atoms with Crippen LogP contribution in [-0.2, 0) is 4.79 Å². The van der Waals surface area contributed by atoms with Crippen molar-refractivity contribution in [3.8, 4) is 0 Å². The minimum atomic E-state index is 0.0619. The molecule has 0 aromatic carbocycles. The zero-order valence-electron chi connectivity index (χ0n) is 7.61. The summed E-state index contributed by atoms with van der Waals surface area (Å²) in [6.07, 6.45) is 3.22. The molecule has 0 aliphatic heterocycles. The van der Waals surface area contributed by atoms with Gasteiger partial charge in [0.15, 0.2) is 0 Å². The van der Waals surface area contributed by atoms with Crippen molar-refractivity contribution >= 4 is 5.78 Å². The van der Waals surface area contributed by atoms with Gasteiger partial charge in [-0.2, -0.15) is 0 Å². The van der Waals surface area contributed by atoms with Crippen LogP contribution in [-0.4, -0.2) is 5.78 Å². The first-order chi connectivity index (χ1) is 5.01. The highest BCUT2D eigenvalue weighted by molar-refractivity contribution is 5.89. The maximum atomic E-state index is 11.6. The normalized spacial score (nSPS) is 55.5. The molecule has 0 spiro atoms. The molecule has 0 heterocycles. The second-order valence-corrected chi connectivity index (χ2v) is 4.78. The van der Waals surface area contributed by atoms with E-state index in [1.807, 2.05) is 0 Å². The highest BCUT2D eigenvalue weighted by Crippen LogP contribution is 2.66. The van der Waals surface area contributed by atoms with Gasteiger partial charge in [0.2, 0.25) is 0 Å². The van der Waals surface area contributed by atoms with Crippen LogP contribution >= 0.6 is 0 Å². The van der Waals surface area contributed by atoms with E-state index in [1.165, 1.54) is 6.42 Å². The Balaban J connectivity index is 2.40. The van der Waals surface area contributed by atoms with Crippen molar-refractivity contribution in [2.24, 2.45) is 16.7 Å². The van der Waals surface area contributed by atoms with E-state index in [0.29, 0.717) is 17.1 Å². The van der Waals surface area contributed by atoms with Gasteiger partial charge in [-0.1, -0.05) is 20.8 Å². The summed E-state index contributed by atoms with van der Waals surface area (Å²) < 4.78 is 0. The molecular weight excluding hydrogens is 136 g/mol. The highest BCUT2D eigenvalue weighted by Gasteiger charge is 2.63. The predicted molar refractivity (Wildman–Crippen MR) is 44.2 cm³/mol. The summed E-state index contributed by atoms with van der Waals surface area (Å²) in [5.41, 5.74) is 0.413. The number of carbonyl (C=O) groups excluding carboxylic acids is 1. The third-order valence-corrected chi connectivity index (χ3v) is 4.60. The molecule has 62 valence electrons. The Labute approximate surface area is 68.2 Å². The first-order valence-electron chi connectivity index (χ1n) is 4.54. The van der Waals surface area contributed by atoms with Gasteiger partial charge in [0.25, 0.3) is 0 Å². The Morgan fingerprint density at radius 1 is 1.36 bits per heavy atom. The highest BCUT2D eigenvalue weighted by atomic mass is 16.1. The van der Waals surface area contributed by atoms with Crippen LogP contribution in [0, 0.1) is 16.7 Å². The van der Waals surface area contributed by atoms with E-state index in [9.17, 15) is 4.79 Å². The predicted octanol–water partition coefficient (Wildman–Crippen LogP) is 2.40. The lowest BCUT2D eigenvalue weighted by molar-refractivity contribution is -0.138. The van der Waals surface area contributed by atoms with Gasteiger partial charge in [0.05, 0.1) is 0 Å². The second kappa shape index (κ2) is 1.70. The molecule has 1 nitrogen and oxygen atoms in total. The monoisotopic (exact) mass is 152 g/mol. The Morgan fingerprint density at radius 2 is 2.00 bits per heavy atom. The molecule has 2 rings (SSSR count). The minimum absolute atomic E-state index is 0.0619. The van der Waals surface area contributed by atoms with Crippen LogP contribution in [0.15, 0.2) is 0 Å². The summed E-state index contributed by atoms with van der Waals surface area (Å²) in [7, 11) is 0. The van der Waals surface area contributed by atoms with E-state index in [0.717, 1.165) is 12.8 Å². The van der Waals surface area contributed by atoms with E-state index >= 15 is 0 Å². The minimum Gasteiger partial charge on any atom is -0.299 e. The third-order valence-electron chi connectivity index (χ3n) is 4.60. The van der Waals surface area contributed by atoms with Gasteiger partial charge in [-0.3, -0.25) is 4.79 Å². The molecule has 0 amide bonds. The van der Waals surface area contributed by atoms with E-state index in [-0.39, 0.29) is 5.41 Å². The molecular formula is C10H16O. The molecule has 0 aromatic rings. The average molecular weight is 152 g/mol. The van der Waals surface area contributed by atoms with E-state index in [2.05, 4.69) is 20.8 Å². The molecule has 2 aliphatic rings. The van der Waals surface area contributed by atoms with Crippen LogP contribution < -0.4 is 0 Å². The number of Topliss-reactive ketones (excluding diaryl/α,β-unsaturated/α-hetero) is 1. The van der Waals surface area contributed by atoms with Crippen molar-refractivity contribution in [3.63, 3.8) is 0 Å². The van der Waals surface area contributed by atoms with Crippen LogP contribution in [0.5, 0.6) is 0 Å². The number of rotatable bonds is 0. The maximum absolute atomic E-state index is 11.6. The van der Waals surface area contributed by atoms with Gasteiger partial charge in [-0.25, -0.2) is 0 Å². The van der Waals surface area contributed by atoms with Crippen LogP contribution in [0.2, 0.25) is 0 Å². The summed E-state index contributed by atoms with van der Waals surface area (Å²) in [5.74, 6) is 1.13. The lowest BCUT2D eigenvalue weighted by Gasteiger charge is -2.52.